The predicted octanol–water partition coefficient (Wildman–Crippen LogP) is 6.29. The van der Waals surface area contributed by atoms with Crippen molar-refractivity contribution in [1.29, 1.82) is 0 Å². The predicted molar refractivity (Wildman–Crippen MR) is 101 cm³/mol. The van der Waals surface area contributed by atoms with Gasteiger partial charge >= 0.3 is 0 Å². The number of aliphatic hydroxyl groups is 1. The summed E-state index contributed by atoms with van der Waals surface area (Å²) in [5.41, 5.74) is 2.08. The van der Waals surface area contributed by atoms with Gasteiger partial charge in [0.05, 0.1) is 0 Å². The molecule has 2 nitrogen and oxygen atoms in total. The Bertz CT molecular complexity index is 230. The first-order valence-corrected chi connectivity index (χ1v) is 11.8. The van der Waals surface area contributed by atoms with E-state index in [4.69, 9.17) is 9.53 Å². The van der Waals surface area contributed by atoms with Crippen LogP contribution in [-0.2, 0) is 4.43 Å². The molecule has 134 valence electrons. The maximum Gasteiger partial charge on any atom is 0.200 e. The monoisotopic (exact) mass is 330 g/mol. The van der Waals surface area contributed by atoms with Gasteiger partial charge in [-0.1, -0.05) is 80.1 Å². The molecule has 1 N–H and O–H groups in total. The molecule has 0 radical (unpaired) electrons. The van der Waals surface area contributed by atoms with Crippen LogP contribution < -0.4 is 0 Å². The van der Waals surface area contributed by atoms with Crippen molar-refractivity contribution >= 4 is 8.32 Å². The van der Waals surface area contributed by atoms with Gasteiger partial charge in [-0.05, 0) is 29.5 Å². The summed E-state index contributed by atoms with van der Waals surface area (Å²) in [4.78, 5) is 0. The number of unbranched alkanes of at least 4 members (excludes halogenated alkanes) is 7. The van der Waals surface area contributed by atoms with Gasteiger partial charge in [0.15, 0.2) is 8.32 Å². The summed E-state index contributed by atoms with van der Waals surface area (Å²) in [5.74, 6) is 0. The minimum atomic E-state index is -1.64. The van der Waals surface area contributed by atoms with Crippen LogP contribution in [0.4, 0.5) is 0 Å². The molecule has 0 aromatic rings. The maximum absolute atomic E-state index is 8.74. The Morgan fingerprint density at radius 2 is 1.00 bits per heavy atom. The highest BCUT2D eigenvalue weighted by Crippen LogP contribution is 2.42. The number of hydrogen-bond acceptors (Lipinski definition) is 2. The van der Waals surface area contributed by atoms with Gasteiger partial charge in [0.25, 0.3) is 0 Å². The van der Waals surface area contributed by atoms with Crippen molar-refractivity contribution in [3.8, 4) is 0 Å². The highest BCUT2D eigenvalue weighted by atomic mass is 28.4. The maximum atomic E-state index is 8.74. The SMILES string of the molecule is CC(C)[Si](OCCCCCCCCCCO)(C(C)C)C(C)C. The third-order valence-electron chi connectivity index (χ3n) is 5.11. The van der Waals surface area contributed by atoms with Crippen molar-refractivity contribution < 1.29 is 9.53 Å². The van der Waals surface area contributed by atoms with Crippen LogP contribution >= 0.6 is 0 Å². The van der Waals surface area contributed by atoms with E-state index in [1.165, 1.54) is 44.9 Å². The van der Waals surface area contributed by atoms with Crippen LogP contribution in [0.2, 0.25) is 16.6 Å². The zero-order chi connectivity index (χ0) is 17.0. The van der Waals surface area contributed by atoms with Gasteiger partial charge in [0, 0.05) is 13.2 Å². The lowest BCUT2D eigenvalue weighted by molar-refractivity contribution is 0.267. The zero-order valence-corrected chi connectivity index (χ0v) is 17.2. The molecule has 0 fully saturated rings. The van der Waals surface area contributed by atoms with Crippen LogP contribution in [0.15, 0.2) is 0 Å². The van der Waals surface area contributed by atoms with E-state index in [1.807, 2.05) is 0 Å². The molecule has 0 amide bonds. The lowest BCUT2D eigenvalue weighted by Crippen LogP contribution is -2.47. The largest absolute Gasteiger partial charge is 0.416 e. The highest BCUT2D eigenvalue weighted by molar-refractivity contribution is 6.77. The van der Waals surface area contributed by atoms with Gasteiger partial charge in [0.1, 0.15) is 0 Å². The minimum absolute atomic E-state index is 0.352. The lowest BCUT2D eigenvalue weighted by Gasteiger charge is -2.42. The minimum Gasteiger partial charge on any atom is -0.416 e. The van der Waals surface area contributed by atoms with Gasteiger partial charge < -0.3 is 9.53 Å². The number of rotatable bonds is 14. The number of hydrogen-bond donors (Lipinski definition) is 1. The van der Waals surface area contributed by atoms with E-state index in [-0.39, 0.29) is 0 Å². The number of aliphatic hydroxyl groups excluding tert-OH is 1. The van der Waals surface area contributed by atoms with Crippen molar-refractivity contribution in [3.05, 3.63) is 0 Å². The van der Waals surface area contributed by atoms with E-state index >= 15 is 0 Å². The first-order valence-electron chi connectivity index (χ1n) is 9.64. The summed E-state index contributed by atoms with van der Waals surface area (Å²) in [6, 6.07) is 0. The average molecular weight is 331 g/mol. The van der Waals surface area contributed by atoms with Gasteiger partial charge in [0.2, 0.25) is 0 Å². The summed E-state index contributed by atoms with van der Waals surface area (Å²) >= 11 is 0. The van der Waals surface area contributed by atoms with Crippen molar-refractivity contribution in [2.45, 2.75) is 110 Å². The van der Waals surface area contributed by atoms with Crippen molar-refractivity contribution in [1.82, 2.24) is 0 Å². The Labute approximate surface area is 141 Å². The molecule has 0 spiro atoms. The molecular formula is C19H42O2Si. The first-order chi connectivity index (χ1) is 10.4. The Morgan fingerprint density at radius 1 is 0.636 bits per heavy atom. The Morgan fingerprint density at radius 3 is 1.36 bits per heavy atom. The van der Waals surface area contributed by atoms with Crippen LogP contribution in [-0.4, -0.2) is 26.6 Å². The van der Waals surface area contributed by atoms with Gasteiger partial charge in [-0.25, -0.2) is 0 Å². The summed E-state index contributed by atoms with van der Waals surface area (Å²) < 4.78 is 6.58. The summed E-state index contributed by atoms with van der Waals surface area (Å²) in [5, 5.41) is 8.74. The van der Waals surface area contributed by atoms with E-state index in [0.29, 0.717) is 23.2 Å². The fourth-order valence-electron chi connectivity index (χ4n) is 4.02. The van der Waals surface area contributed by atoms with Crippen molar-refractivity contribution in [2.24, 2.45) is 0 Å². The topological polar surface area (TPSA) is 29.5 Å². The standard InChI is InChI=1S/C19H42O2Si/c1-17(2)22(18(3)4,19(5)6)21-16-14-12-10-8-7-9-11-13-15-20/h17-20H,7-16H2,1-6H3. The Balaban J connectivity index is 3.87. The molecule has 22 heavy (non-hydrogen) atoms. The molecule has 0 aliphatic heterocycles. The molecule has 0 bridgehead atoms. The third-order valence-corrected chi connectivity index (χ3v) is 11.2. The van der Waals surface area contributed by atoms with Crippen molar-refractivity contribution in [3.63, 3.8) is 0 Å². The summed E-state index contributed by atoms with van der Waals surface area (Å²) in [7, 11) is -1.64. The second kappa shape index (κ2) is 12.5. The Hall–Kier alpha value is 0.137. The Kier molecular flexibility index (Phi) is 12.6. The molecule has 0 rings (SSSR count). The second-order valence-corrected chi connectivity index (χ2v) is 13.2. The third kappa shape index (κ3) is 7.61. The molecule has 0 aromatic carbocycles. The van der Waals surface area contributed by atoms with Crippen molar-refractivity contribution in [2.75, 3.05) is 13.2 Å². The molecule has 0 unspecified atom stereocenters. The molecule has 0 aliphatic rings. The second-order valence-electron chi connectivity index (χ2n) is 7.72. The summed E-state index contributed by atoms with van der Waals surface area (Å²) in [6.07, 6.45) is 9.96. The van der Waals surface area contributed by atoms with Crippen LogP contribution in [0, 0.1) is 0 Å². The average Bonchev–Trinajstić information content (AvgIpc) is 2.43. The fraction of sp³-hybridized carbons (Fsp3) is 1.00. The molecular weight excluding hydrogens is 288 g/mol. The smallest absolute Gasteiger partial charge is 0.200 e. The first kappa shape index (κ1) is 22.1. The van der Waals surface area contributed by atoms with Crippen LogP contribution in [0.25, 0.3) is 0 Å². The lowest BCUT2D eigenvalue weighted by atomic mass is 10.1. The van der Waals surface area contributed by atoms with Gasteiger partial charge in [-0.15, -0.1) is 0 Å². The van der Waals surface area contributed by atoms with Crippen LogP contribution in [0.5, 0.6) is 0 Å². The van der Waals surface area contributed by atoms with E-state index in [9.17, 15) is 0 Å². The zero-order valence-electron chi connectivity index (χ0n) is 16.2. The molecule has 3 heteroatoms. The molecule has 0 aliphatic carbocycles. The van der Waals surface area contributed by atoms with E-state index in [1.54, 1.807) is 0 Å². The van der Waals surface area contributed by atoms with Crippen LogP contribution in [0.1, 0.15) is 92.9 Å². The fourth-order valence-corrected chi connectivity index (χ4v) is 9.52. The molecule has 0 aromatic heterocycles. The normalized spacial score (nSPS) is 12.8. The van der Waals surface area contributed by atoms with Crippen LogP contribution in [0.3, 0.4) is 0 Å². The van der Waals surface area contributed by atoms with Gasteiger partial charge in [-0.2, -0.15) is 0 Å². The van der Waals surface area contributed by atoms with E-state index in [2.05, 4.69) is 41.5 Å². The highest BCUT2D eigenvalue weighted by Gasteiger charge is 2.44. The summed E-state index contributed by atoms with van der Waals surface area (Å²) in [6.45, 7) is 15.5. The molecule has 0 heterocycles. The van der Waals surface area contributed by atoms with E-state index in [0.717, 1.165) is 13.0 Å². The molecule has 0 saturated carbocycles. The quantitative estimate of drug-likeness (QED) is 0.299. The van der Waals surface area contributed by atoms with E-state index < -0.39 is 8.32 Å². The molecule has 0 saturated heterocycles. The molecule has 0 atom stereocenters. The van der Waals surface area contributed by atoms with Gasteiger partial charge in [-0.3, -0.25) is 0 Å².